The molecule has 5 heteroatoms. The standard InChI is InChI=1S/C7H17NO3S/c1-6(2)4-7(8)5-11-12(3,9)10/h6-7H,4-5,8H2,1-3H3/t7-/m0/s1. The predicted molar refractivity (Wildman–Crippen MR) is 48.2 cm³/mol. The zero-order chi connectivity index (χ0) is 9.78. The largest absolute Gasteiger partial charge is 0.326 e. The number of rotatable bonds is 5. The fraction of sp³-hybridized carbons (Fsp3) is 1.00. The van der Waals surface area contributed by atoms with Gasteiger partial charge in [-0.1, -0.05) is 13.8 Å². The molecule has 0 aromatic heterocycles. The van der Waals surface area contributed by atoms with Crippen LogP contribution >= 0.6 is 0 Å². The van der Waals surface area contributed by atoms with Crippen molar-refractivity contribution >= 4 is 10.1 Å². The highest BCUT2D eigenvalue weighted by atomic mass is 32.2. The zero-order valence-electron chi connectivity index (χ0n) is 7.78. The Hall–Kier alpha value is -0.130. The van der Waals surface area contributed by atoms with Crippen LogP contribution in [0.4, 0.5) is 0 Å². The Morgan fingerprint density at radius 2 is 1.92 bits per heavy atom. The normalized spacial score (nSPS) is 15.1. The summed E-state index contributed by atoms with van der Waals surface area (Å²) in [6.45, 7) is 4.14. The third-order valence-corrected chi connectivity index (χ3v) is 1.83. The molecule has 0 unspecified atom stereocenters. The van der Waals surface area contributed by atoms with Gasteiger partial charge in [-0.15, -0.1) is 0 Å². The van der Waals surface area contributed by atoms with Crippen molar-refractivity contribution in [2.45, 2.75) is 26.3 Å². The van der Waals surface area contributed by atoms with E-state index in [1.807, 2.05) is 13.8 Å². The Balaban J connectivity index is 3.65. The minimum Gasteiger partial charge on any atom is -0.326 e. The molecule has 74 valence electrons. The highest BCUT2D eigenvalue weighted by Gasteiger charge is 2.09. The molecule has 0 bridgehead atoms. The maximum atomic E-state index is 10.5. The first kappa shape index (κ1) is 11.9. The Labute approximate surface area is 74.2 Å². The van der Waals surface area contributed by atoms with Gasteiger partial charge in [0.15, 0.2) is 0 Å². The van der Waals surface area contributed by atoms with Crippen molar-refractivity contribution in [3.8, 4) is 0 Å². The lowest BCUT2D eigenvalue weighted by Gasteiger charge is -2.12. The highest BCUT2D eigenvalue weighted by Crippen LogP contribution is 2.03. The van der Waals surface area contributed by atoms with E-state index in [-0.39, 0.29) is 12.6 Å². The number of nitrogens with two attached hydrogens (primary N) is 1. The molecule has 0 aliphatic carbocycles. The molecule has 0 saturated heterocycles. The van der Waals surface area contributed by atoms with Crippen LogP contribution in [0.5, 0.6) is 0 Å². The lowest BCUT2D eigenvalue weighted by Crippen LogP contribution is -2.29. The molecule has 0 rings (SSSR count). The van der Waals surface area contributed by atoms with Crippen LogP contribution < -0.4 is 5.73 Å². The minimum absolute atomic E-state index is 0.0804. The molecule has 0 saturated carbocycles. The Morgan fingerprint density at radius 3 is 2.25 bits per heavy atom. The first-order valence-electron chi connectivity index (χ1n) is 3.91. The molecular formula is C7H17NO3S. The van der Waals surface area contributed by atoms with Gasteiger partial charge in [0.05, 0.1) is 12.9 Å². The molecule has 0 aromatic carbocycles. The topological polar surface area (TPSA) is 69.4 Å². The smallest absolute Gasteiger partial charge is 0.264 e. The summed E-state index contributed by atoms with van der Waals surface area (Å²) in [6, 6.07) is -0.195. The number of hydrogen-bond acceptors (Lipinski definition) is 4. The first-order chi connectivity index (χ1) is 5.31. The van der Waals surface area contributed by atoms with Gasteiger partial charge in [-0.3, -0.25) is 4.18 Å². The van der Waals surface area contributed by atoms with E-state index >= 15 is 0 Å². The molecule has 1 atom stereocenters. The van der Waals surface area contributed by atoms with Crippen molar-refractivity contribution in [1.29, 1.82) is 0 Å². The van der Waals surface area contributed by atoms with Gasteiger partial charge >= 0.3 is 0 Å². The molecule has 4 nitrogen and oxygen atoms in total. The van der Waals surface area contributed by atoms with E-state index < -0.39 is 10.1 Å². The Kier molecular flexibility index (Phi) is 4.74. The molecule has 12 heavy (non-hydrogen) atoms. The van der Waals surface area contributed by atoms with Crippen LogP contribution in [0.2, 0.25) is 0 Å². The molecule has 0 aromatic rings. The summed E-state index contributed by atoms with van der Waals surface area (Å²) in [5, 5.41) is 0. The average molecular weight is 195 g/mol. The second-order valence-corrected chi connectivity index (χ2v) is 5.02. The van der Waals surface area contributed by atoms with Crippen LogP contribution in [0, 0.1) is 5.92 Å². The summed E-state index contributed by atoms with van der Waals surface area (Å²) in [6.07, 6.45) is 1.80. The van der Waals surface area contributed by atoms with Crippen molar-refractivity contribution in [2.75, 3.05) is 12.9 Å². The molecule has 0 amide bonds. The van der Waals surface area contributed by atoms with Gasteiger partial charge in [-0.25, -0.2) is 0 Å². The van der Waals surface area contributed by atoms with Gasteiger partial charge in [-0.05, 0) is 12.3 Å². The van der Waals surface area contributed by atoms with Gasteiger partial charge in [0, 0.05) is 6.04 Å². The zero-order valence-corrected chi connectivity index (χ0v) is 8.60. The first-order valence-corrected chi connectivity index (χ1v) is 5.73. The third-order valence-electron chi connectivity index (χ3n) is 1.27. The second-order valence-electron chi connectivity index (χ2n) is 3.38. The lowest BCUT2D eigenvalue weighted by molar-refractivity contribution is 0.277. The monoisotopic (exact) mass is 195 g/mol. The molecule has 0 spiro atoms. The van der Waals surface area contributed by atoms with Crippen molar-refractivity contribution in [3.05, 3.63) is 0 Å². The summed E-state index contributed by atoms with van der Waals surface area (Å²) in [4.78, 5) is 0. The van der Waals surface area contributed by atoms with Gasteiger partial charge in [-0.2, -0.15) is 8.42 Å². The van der Waals surface area contributed by atoms with Crippen LogP contribution in [0.3, 0.4) is 0 Å². The van der Waals surface area contributed by atoms with E-state index in [9.17, 15) is 8.42 Å². The SMILES string of the molecule is CC(C)C[C@H](N)COS(C)(=O)=O. The van der Waals surface area contributed by atoms with E-state index in [0.29, 0.717) is 5.92 Å². The van der Waals surface area contributed by atoms with Gasteiger partial charge < -0.3 is 5.73 Å². The van der Waals surface area contributed by atoms with Crippen LogP contribution in [-0.4, -0.2) is 27.3 Å². The van der Waals surface area contributed by atoms with Gasteiger partial charge in [0.25, 0.3) is 10.1 Å². The number of hydrogen-bond donors (Lipinski definition) is 1. The maximum absolute atomic E-state index is 10.5. The quantitative estimate of drug-likeness (QED) is 0.642. The van der Waals surface area contributed by atoms with Crippen molar-refractivity contribution in [2.24, 2.45) is 11.7 Å². The Morgan fingerprint density at radius 1 is 1.42 bits per heavy atom. The average Bonchev–Trinajstić information content (AvgIpc) is 1.80. The fourth-order valence-corrected chi connectivity index (χ4v) is 1.31. The lowest BCUT2D eigenvalue weighted by atomic mass is 10.1. The van der Waals surface area contributed by atoms with E-state index in [1.54, 1.807) is 0 Å². The van der Waals surface area contributed by atoms with Crippen molar-refractivity contribution in [1.82, 2.24) is 0 Å². The van der Waals surface area contributed by atoms with Crippen molar-refractivity contribution < 1.29 is 12.6 Å². The third kappa shape index (κ3) is 7.97. The highest BCUT2D eigenvalue weighted by molar-refractivity contribution is 7.85. The molecule has 0 heterocycles. The van der Waals surface area contributed by atoms with Gasteiger partial charge in [0.1, 0.15) is 0 Å². The molecule has 0 aliphatic rings. The minimum atomic E-state index is -3.33. The molecule has 0 fully saturated rings. The van der Waals surface area contributed by atoms with E-state index in [1.165, 1.54) is 0 Å². The fourth-order valence-electron chi connectivity index (χ4n) is 0.885. The van der Waals surface area contributed by atoms with Crippen molar-refractivity contribution in [3.63, 3.8) is 0 Å². The molecule has 0 radical (unpaired) electrons. The van der Waals surface area contributed by atoms with E-state index in [4.69, 9.17) is 5.73 Å². The summed E-state index contributed by atoms with van der Waals surface area (Å²) in [5.41, 5.74) is 5.59. The maximum Gasteiger partial charge on any atom is 0.264 e. The van der Waals surface area contributed by atoms with Crippen LogP contribution in [0.25, 0.3) is 0 Å². The predicted octanol–water partition coefficient (Wildman–Crippen LogP) is 0.336. The summed E-state index contributed by atoms with van der Waals surface area (Å²) in [7, 11) is -3.33. The van der Waals surface area contributed by atoms with Crippen LogP contribution in [0.1, 0.15) is 20.3 Å². The molecular weight excluding hydrogens is 178 g/mol. The van der Waals surface area contributed by atoms with Crippen LogP contribution in [0.15, 0.2) is 0 Å². The summed E-state index contributed by atoms with van der Waals surface area (Å²) in [5.74, 6) is 0.461. The second kappa shape index (κ2) is 4.79. The van der Waals surface area contributed by atoms with E-state index in [2.05, 4.69) is 4.18 Å². The summed E-state index contributed by atoms with van der Waals surface area (Å²) < 4.78 is 25.6. The summed E-state index contributed by atoms with van der Waals surface area (Å²) >= 11 is 0. The van der Waals surface area contributed by atoms with E-state index in [0.717, 1.165) is 12.7 Å². The molecule has 0 aliphatic heterocycles. The Bertz CT molecular complexity index is 211. The molecule has 2 N–H and O–H groups in total. The van der Waals surface area contributed by atoms with Gasteiger partial charge in [0.2, 0.25) is 0 Å². The van der Waals surface area contributed by atoms with Crippen LogP contribution in [-0.2, 0) is 14.3 Å².